The molecule has 2 heterocycles. The molecule has 0 atom stereocenters. The van der Waals surface area contributed by atoms with E-state index >= 15 is 0 Å². The summed E-state index contributed by atoms with van der Waals surface area (Å²) in [4.78, 5) is 3.05. The average molecular weight is 780 g/mol. The van der Waals surface area contributed by atoms with Gasteiger partial charge in [-0.2, -0.15) is 34.8 Å². The van der Waals surface area contributed by atoms with Crippen LogP contribution in [0.2, 0.25) is 10.0 Å². The van der Waals surface area contributed by atoms with Crippen LogP contribution in [0.3, 0.4) is 0 Å². The predicted molar refractivity (Wildman–Crippen MR) is 172 cm³/mol. The molecule has 49 heavy (non-hydrogen) atoms. The van der Waals surface area contributed by atoms with Crippen LogP contribution in [0.25, 0.3) is 17.1 Å². The second-order valence-corrected chi connectivity index (χ2v) is 14.8. The van der Waals surface area contributed by atoms with Crippen LogP contribution in [-0.2, 0) is 45.7 Å². The molecular weight excluding hydrogens is 749 g/mol. The Morgan fingerprint density at radius 3 is 2.00 bits per heavy atom. The molecule has 1 aliphatic heterocycles. The van der Waals surface area contributed by atoms with Gasteiger partial charge in [0.1, 0.15) is 5.82 Å². The Bertz CT molecular complexity index is 2030. The van der Waals surface area contributed by atoms with Gasteiger partial charge in [-0.05, 0) is 44.9 Å². The van der Waals surface area contributed by atoms with Crippen molar-refractivity contribution in [2.75, 3.05) is 34.4 Å². The van der Waals surface area contributed by atoms with E-state index in [4.69, 9.17) is 23.2 Å². The molecule has 1 aliphatic rings. The number of aryl methyl sites for hydroxylation is 2. The van der Waals surface area contributed by atoms with Crippen LogP contribution in [-0.4, -0.2) is 55.1 Å². The number of rotatable bonds is 12. The van der Waals surface area contributed by atoms with Gasteiger partial charge in [-0.25, -0.2) is 17.6 Å². The summed E-state index contributed by atoms with van der Waals surface area (Å²) >= 11 is 12.0. The zero-order valence-electron chi connectivity index (χ0n) is 25.8. The predicted octanol–water partition coefficient (Wildman–Crippen LogP) is 6.71. The van der Waals surface area contributed by atoms with Crippen molar-refractivity contribution in [3.05, 3.63) is 69.2 Å². The van der Waals surface area contributed by atoms with Gasteiger partial charge in [-0.1, -0.05) is 29.3 Å². The first-order valence-electron chi connectivity index (χ1n) is 14.6. The van der Waals surface area contributed by atoms with Gasteiger partial charge in [-0.3, -0.25) is 4.55 Å². The van der Waals surface area contributed by atoms with Crippen molar-refractivity contribution in [1.29, 1.82) is 0 Å². The summed E-state index contributed by atoms with van der Waals surface area (Å²) in [5, 5.41) is -1.14. The molecule has 0 fully saturated rings. The van der Waals surface area contributed by atoms with E-state index in [0.29, 0.717) is 5.82 Å². The van der Waals surface area contributed by atoms with Gasteiger partial charge >= 0.3 is 12.4 Å². The van der Waals surface area contributed by atoms with E-state index in [2.05, 4.69) is 0 Å². The lowest BCUT2D eigenvalue weighted by Crippen LogP contribution is -2.37. The van der Waals surface area contributed by atoms with Gasteiger partial charge in [0.15, 0.2) is 11.0 Å². The largest absolute Gasteiger partial charge is 0.748 e. The summed E-state index contributed by atoms with van der Waals surface area (Å²) in [5.74, 6) is -0.875. The quantitative estimate of drug-likeness (QED) is 0.122. The van der Waals surface area contributed by atoms with Gasteiger partial charge in [0.2, 0.25) is 0 Å². The van der Waals surface area contributed by atoms with Crippen molar-refractivity contribution in [3.63, 3.8) is 0 Å². The molecule has 1 N–H and O–H groups in total. The fraction of sp³-hybridized carbons (Fsp3) is 0.414. The standard InChI is InChI=1S/C29H30Cl2F6N4O6S2/c1-3-38-24-16-20(30)18(28(32,33)34)14-22(24)40(10-6-12-48(42,43)44)26(38)8-5-9-27-39(4-2)25-17-21(31)19(29(35,36)37)15-23(25)41(27)11-7-13-49(45,46)47/h5,8-9,14-17H,3-4,6-7,10-13H2,1-2H3,(H-,42,43,44,45,46,47). The molecule has 3 aromatic rings. The maximum absolute atomic E-state index is 13.8. The number of anilines is 2. The molecule has 0 unspecified atom stereocenters. The molecule has 270 valence electrons. The highest BCUT2D eigenvalue weighted by Crippen LogP contribution is 2.48. The summed E-state index contributed by atoms with van der Waals surface area (Å²) in [6.45, 7) is 3.55. The maximum atomic E-state index is 13.8. The number of alkyl halides is 6. The zero-order chi connectivity index (χ0) is 36.7. The van der Waals surface area contributed by atoms with Crippen molar-refractivity contribution >= 4 is 71.9 Å². The van der Waals surface area contributed by atoms with Gasteiger partial charge in [0, 0.05) is 37.1 Å². The highest BCUT2D eigenvalue weighted by atomic mass is 35.5. The van der Waals surface area contributed by atoms with E-state index in [1.807, 2.05) is 0 Å². The monoisotopic (exact) mass is 778 g/mol. The van der Waals surface area contributed by atoms with Gasteiger partial charge < -0.3 is 14.4 Å². The lowest BCUT2D eigenvalue weighted by molar-refractivity contribution is -0.673. The van der Waals surface area contributed by atoms with E-state index in [0.717, 1.165) is 24.3 Å². The first-order valence-corrected chi connectivity index (χ1v) is 18.6. The highest BCUT2D eigenvalue weighted by Gasteiger charge is 2.39. The third kappa shape index (κ3) is 8.83. The normalized spacial score (nSPS) is 15.4. The Hall–Kier alpha value is -3.03. The number of benzene rings is 2. The number of allylic oxidation sites excluding steroid dienone is 2. The van der Waals surface area contributed by atoms with Gasteiger partial charge in [0.25, 0.3) is 15.9 Å². The molecule has 2 aromatic carbocycles. The maximum Gasteiger partial charge on any atom is 0.418 e. The Kier molecular flexibility index (Phi) is 11.3. The van der Waals surface area contributed by atoms with Crippen molar-refractivity contribution in [3.8, 4) is 0 Å². The molecule has 20 heteroatoms. The average Bonchev–Trinajstić information content (AvgIpc) is 3.39. The van der Waals surface area contributed by atoms with Crippen molar-refractivity contribution in [1.82, 2.24) is 4.57 Å². The fourth-order valence-corrected chi connectivity index (χ4v) is 7.21. The van der Waals surface area contributed by atoms with E-state index in [-0.39, 0.29) is 67.3 Å². The minimum absolute atomic E-state index is 0.0544. The lowest BCUT2D eigenvalue weighted by atomic mass is 10.1. The Morgan fingerprint density at radius 2 is 1.45 bits per heavy atom. The second-order valence-electron chi connectivity index (χ2n) is 10.9. The first-order chi connectivity index (χ1) is 22.6. The molecule has 0 radical (unpaired) electrons. The molecule has 1 aromatic heterocycles. The summed E-state index contributed by atoms with van der Waals surface area (Å²) in [6, 6.07) is 3.94. The molecule has 0 saturated heterocycles. The Labute approximate surface area is 288 Å². The van der Waals surface area contributed by atoms with E-state index in [1.165, 1.54) is 27.7 Å². The summed E-state index contributed by atoms with van der Waals surface area (Å²) in [6.07, 6.45) is -5.56. The van der Waals surface area contributed by atoms with Crippen LogP contribution in [0.4, 0.5) is 37.7 Å². The lowest BCUT2D eigenvalue weighted by Gasteiger charge is -2.24. The Morgan fingerprint density at radius 1 is 0.857 bits per heavy atom. The molecular formula is C29H30Cl2F6N4O6S2. The molecule has 0 spiro atoms. The van der Waals surface area contributed by atoms with Gasteiger partial charge in [-0.15, -0.1) is 0 Å². The first kappa shape index (κ1) is 38.8. The smallest absolute Gasteiger partial charge is 0.418 e. The molecule has 0 amide bonds. The fourth-order valence-electron chi connectivity index (χ4n) is 5.71. The molecule has 0 aliphatic carbocycles. The van der Waals surface area contributed by atoms with E-state index in [1.54, 1.807) is 23.3 Å². The third-order valence-electron chi connectivity index (χ3n) is 7.69. The van der Waals surface area contributed by atoms with Crippen molar-refractivity contribution in [2.24, 2.45) is 0 Å². The van der Waals surface area contributed by atoms with Crippen molar-refractivity contribution in [2.45, 2.75) is 52.1 Å². The summed E-state index contributed by atoms with van der Waals surface area (Å²) < 4.78 is 152. The summed E-state index contributed by atoms with van der Waals surface area (Å²) in [5.41, 5.74) is -1.55. The van der Waals surface area contributed by atoms with Crippen LogP contribution in [0.5, 0.6) is 0 Å². The van der Waals surface area contributed by atoms with Crippen LogP contribution in [0.1, 0.15) is 43.6 Å². The molecule has 0 saturated carbocycles. The zero-order valence-corrected chi connectivity index (χ0v) is 29.0. The Balaban J connectivity index is 1.88. The molecule has 0 bridgehead atoms. The number of hydrogen-bond acceptors (Lipinski definition) is 7. The van der Waals surface area contributed by atoms with Gasteiger partial charge in [0.05, 0.1) is 61.5 Å². The minimum atomic E-state index is -4.81. The number of aromatic nitrogens is 2. The topological polar surface area (TPSA) is 127 Å². The van der Waals surface area contributed by atoms with Crippen LogP contribution < -0.4 is 14.4 Å². The number of nitrogens with zero attached hydrogens (tertiary/aromatic N) is 4. The second kappa shape index (κ2) is 14.3. The van der Waals surface area contributed by atoms with E-state index in [9.17, 15) is 52.3 Å². The third-order valence-corrected chi connectivity index (χ3v) is 9.91. The number of fused-ring (bicyclic) bond motifs is 2. The molecule has 10 nitrogen and oxygen atoms in total. The number of imidazole rings is 1. The van der Waals surface area contributed by atoms with Crippen molar-refractivity contribution < 1.29 is 56.9 Å². The highest BCUT2D eigenvalue weighted by molar-refractivity contribution is 7.85. The summed E-state index contributed by atoms with van der Waals surface area (Å²) in [7, 11) is -9.04. The number of halogens is 8. The van der Waals surface area contributed by atoms with Crippen LogP contribution in [0.15, 0.2) is 42.2 Å². The number of hydrogen-bond donors (Lipinski definition) is 1. The SMILES string of the molecule is CCN1/C(=C/C=C/c2n(CC)c3cc(Cl)c(C(F)(F)F)cc3[n+]2CCCS(=O)(=O)[O-])N(CCCS(=O)(=O)O)c2cc(C(F)(F)F)c(Cl)cc21. The minimum Gasteiger partial charge on any atom is -0.748 e. The molecule has 4 rings (SSSR count). The van der Waals surface area contributed by atoms with Crippen LogP contribution in [0, 0.1) is 0 Å². The van der Waals surface area contributed by atoms with Crippen LogP contribution >= 0.6 is 23.2 Å². The van der Waals surface area contributed by atoms with E-state index < -0.39 is 65.3 Å².